The molecule has 37 heavy (non-hydrogen) atoms. The first kappa shape index (κ1) is 23.6. The number of terminal acetylenes is 1. The minimum absolute atomic E-state index is 0.237. The van der Waals surface area contributed by atoms with Crippen LogP contribution in [0.4, 0.5) is 11.6 Å². The molecular weight excluding hydrogens is 464 g/mol. The van der Waals surface area contributed by atoms with Crippen molar-refractivity contribution in [2.75, 3.05) is 5.32 Å². The number of benzene rings is 3. The molecule has 0 saturated heterocycles. The number of ether oxygens (including phenoxy) is 1. The lowest BCUT2D eigenvalue weighted by molar-refractivity contribution is 0.455. The Kier molecular flexibility index (Phi) is 6.51. The second-order valence-corrected chi connectivity index (χ2v) is 8.57. The van der Waals surface area contributed by atoms with Crippen LogP contribution in [0.3, 0.4) is 0 Å². The van der Waals surface area contributed by atoms with Crippen LogP contribution < -0.4 is 10.1 Å². The van der Waals surface area contributed by atoms with Crippen LogP contribution in [0.25, 0.3) is 11.3 Å². The number of nitrogens with one attached hydrogen (secondary N) is 1. The Balaban J connectivity index is 1.31. The van der Waals surface area contributed by atoms with E-state index in [0.29, 0.717) is 18.4 Å². The van der Waals surface area contributed by atoms with E-state index >= 15 is 0 Å². The first-order valence-corrected chi connectivity index (χ1v) is 11.6. The van der Waals surface area contributed by atoms with Crippen molar-refractivity contribution in [3.8, 4) is 41.0 Å². The Bertz CT molecular complexity index is 1560. The summed E-state index contributed by atoms with van der Waals surface area (Å²) < 4.78 is 7.93. The summed E-state index contributed by atoms with van der Waals surface area (Å²) in [5.41, 5.74) is 6.25. The molecule has 0 fully saturated rings. The van der Waals surface area contributed by atoms with Gasteiger partial charge >= 0.3 is 0 Å². The average molecular weight is 489 g/mol. The second-order valence-electron chi connectivity index (χ2n) is 8.57. The van der Waals surface area contributed by atoms with Gasteiger partial charge in [-0.05, 0) is 79.1 Å². The summed E-state index contributed by atoms with van der Waals surface area (Å²) >= 11 is 0. The van der Waals surface area contributed by atoms with Crippen LogP contribution in [-0.4, -0.2) is 30.1 Å². The van der Waals surface area contributed by atoms with Crippen molar-refractivity contribution in [1.29, 1.82) is 0 Å². The molecule has 0 aliphatic carbocycles. The molecule has 5 aromatic rings. The zero-order valence-electron chi connectivity index (χ0n) is 20.4. The predicted molar refractivity (Wildman–Crippen MR) is 142 cm³/mol. The zero-order chi connectivity index (χ0) is 25.8. The quantitative estimate of drug-likeness (QED) is 0.287. The van der Waals surface area contributed by atoms with Gasteiger partial charge in [-0.3, -0.25) is 0 Å². The van der Waals surface area contributed by atoms with Crippen LogP contribution in [0.15, 0.2) is 79.1 Å². The lowest BCUT2D eigenvalue weighted by atomic mass is 10.0. The molecule has 0 amide bonds. The fourth-order valence-electron chi connectivity index (χ4n) is 3.90. The van der Waals surface area contributed by atoms with Crippen LogP contribution >= 0.6 is 0 Å². The molecule has 0 saturated carbocycles. The van der Waals surface area contributed by atoms with Gasteiger partial charge in [0.25, 0.3) is 0 Å². The lowest BCUT2D eigenvalue weighted by Gasteiger charge is -2.13. The summed E-state index contributed by atoms with van der Waals surface area (Å²) in [4.78, 5) is 8.77. The topological polar surface area (TPSA) is 98.0 Å². The molecule has 8 heteroatoms. The first-order valence-electron chi connectivity index (χ1n) is 11.6. The summed E-state index contributed by atoms with van der Waals surface area (Å²) in [6.45, 7) is 4.53. The van der Waals surface area contributed by atoms with Gasteiger partial charge in [0, 0.05) is 29.1 Å². The van der Waals surface area contributed by atoms with Crippen molar-refractivity contribution >= 4 is 11.6 Å². The summed E-state index contributed by atoms with van der Waals surface area (Å²) in [5.74, 6) is 4.41. The molecule has 8 nitrogen and oxygen atoms in total. The number of aromatic nitrogens is 5. The number of phenols is 1. The minimum Gasteiger partial charge on any atom is -0.508 e. The van der Waals surface area contributed by atoms with Crippen molar-refractivity contribution in [2.24, 2.45) is 0 Å². The van der Waals surface area contributed by atoms with Gasteiger partial charge in [0.15, 0.2) is 0 Å². The fourth-order valence-corrected chi connectivity index (χ4v) is 3.90. The third kappa shape index (κ3) is 5.57. The number of nitrogens with zero attached hydrogens (tertiary/aromatic N) is 5. The number of hydrogen-bond acceptors (Lipinski definition) is 7. The Morgan fingerprint density at radius 1 is 1.00 bits per heavy atom. The number of anilines is 2. The van der Waals surface area contributed by atoms with Crippen LogP contribution in [0.5, 0.6) is 17.4 Å². The van der Waals surface area contributed by atoms with E-state index in [9.17, 15) is 5.11 Å². The van der Waals surface area contributed by atoms with E-state index in [1.54, 1.807) is 29.1 Å². The summed E-state index contributed by atoms with van der Waals surface area (Å²) in [6, 6.07) is 20.2. The van der Waals surface area contributed by atoms with Crippen molar-refractivity contribution in [3.63, 3.8) is 0 Å². The molecular formula is C29H24N6O2. The maximum Gasteiger partial charge on any atom is 0.230 e. The van der Waals surface area contributed by atoms with Gasteiger partial charge in [0.2, 0.25) is 11.8 Å². The van der Waals surface area contributed by atoms with Gasteiger partial charge in [0.1, 0.15) is 17.2 Å². The summed E-state index contributed by atoms with van der Waals surface area (Å²) in [6.07, 6.45) is 8.97. The molecule has 0 bridgehead atoms. The molecule has 0 unspecified atom stereocenters. The van der Waals surface area contributed by atoms with Gasteiger partial charge in [-0.2, -0.15) is 4.98 Å². The van der Waals surface area contributed by atoms with E-state index in [-0.39, 0.29) is 5.75 Å². The summed E-state index contributed by atoms with van der Waals surface area (Å²) in [7, 11) is 0. The third-order valence-electron chi connectivity index (χ3n) is 5.72. The van der Waals surface area contributed by atoms with Crippen molar-refractivity contribution in [2.45, 2.75) is 20.4 Å². The second kappa shape index (κ2) is 10.2. The molecule has 0 spiro atoms. The number of aryl methyl sites for hydroxylation is 2. The lowest BCUT2D eigenvalue weighted by Crippen LogP contribution is -2.00. The van der Waals surface area contributed by atoms with E-state index in [1.165, 1.54) is 0 Å². The van der Waals surface area contributed by atoms with Crippen LogP contribution in [0.2, 0.25) is 0 Å². The number of hydrogen-bond donors (Lipinski definition) is 2. The van der Waals surface area contributed by atoms with E-state index < -0.39 is 0 Å². The van der Waals surface area contributed by atoms with Crippen LogP contribution in [-0.2, 0) is 6.54 Å². The molecule has 5 rings (SSSR count). The normalized spacial score (nSPS) is 10.6. The molecule has 2 aromatic heterocycles. The number of phenolic OH excluding ortho intramolecular Hbond substituents is 1. The Hall–Kier alpha value is -5.16. The maximum absolute atomic E-state index is 9.47. The molecule has 2 N–H and O–H groups in total. The molecule has 182 valence electrons. The monoisotopic (exact) mass is 488 g/mol. The van der Waals surface area contributed by atoms with Gasteiger partial charge in [0.05, 0.1) is 12.7 Å². The largest absolute Gasteiger partial charge is 0.508 e. The minimum atomic E-state index is 0.237. The average Bonchev–Trinajstić information content (AvgIpc) is 3.37. The molecule has 3 aromatic carbocycles. The fraction of sp³-hybridized carbons (Fsp3) is 0.103. The predicted octanol–water partition coefficient (Wildman–Crippen LogP) is 5.62. The van der Waals surface area contributed by atoms with Gasteiger partial charge < -0.3 is 15.2 Å². The first-order chi connectivity index (χ1) is 18.0. The molecule has 0 atom stereocenters. The molecule has 2 heterocycles. The van der Waals surface area contributed by atoms with Gasteiger partial charge in [-0.1, -0.05) is 23.3 Å². The Morgan fingerprint density at radius 3 is 2.43 bits per heavy atom. The van der Waals surface area contributed by atoms with E-state index in [2.05, 4.69) is 31.5 Å². The summed E-state index contributed by atoms with van der Waals surface area (Å²) in [5, 5.41) is 21.2. The highest BCUT2D eigenvalue weighted by Gasteiger charge is 2.13. The number of rotatable bonds is 7. The smallest absolute Gasteiger partial charge is 0.230 e. The molecule has 0 aliphatic rings. The number of aromatic hydroxyl groups is 1. The maximum atomic E-state index is 9.47. The van der Waals surface area contributed by atoms with Gasteiger partial charge in [-0.25, -0.2) is 9.67 Å². The van der Waals surface area contributed by atoms with E-state index in [4.69, 9.17) is 11.2 Å². The van der Waals surface area contributed by atoms with Crippen molar-refractivity contribution in [1.82, 2.24) is 25.0 Å². The Morgan fingerprint density at radius 2 is 1.73 bits per heavy atom. The van der Waals surface area contributed by atoms with Crippen molar-refractivity contribution in [3.05, 3.63) is 101 Å². The highest BCUT2D eigenvalue weighted by molar-refractivity contribution is 5.63. The SMILES string of the molecule is C#Cc1ccc(Nc2nccc(Oc3c(C)cc(-c4cn(Cc5ccc(O)cc5)nn4)cc3C)n2)cc1. The Labute approximate surface area is 214 Å². The van der Waals surface area contributed by atoms with Crippen LogP contribution in [0.1, 0.15) is 22.3 Å². The molecule has 0 aliphatic heterocycles. The zero-order valence-corrected chi connectivity index (χ0v) is 20.4. The highest BCUT2D eigenvalue weighted by Crippen LogP contribution is 2.32. The third-order valence-corrected chi connectivity index (χ3v) is 5.72. The molecule has 0 radical (unpaired) electrons. The van der Waals surface area contributed by atoms with Crippen LogP contribution in [0, 0.1) is 26.2 Å². The van der Waals surface area contributed by atoms with E-state index in [1.807, 2.05) is 68.6 Å². The van der Waals surface area contributed by atoms with E-state index in [0.717, 1.165) is 44.9 Å². The standard InChI is InChI=1S/C29H24N6O2/c1-4-21-5-9-24(10-6-21)31-29-30-14-13-27(32-29)37-28-19(2)15-23(16-20(28)3)26-18-35(34-33-26)17-22-7-11-25(36)12-8-22/h1,5-16,18,36H,17H2,2-3H3,(H,30,31,32). The highest BCUT2D eigenvalue weighted by atomic mass is 16.5. The van der Waals surface area contributed by atoms with Gasteiger partial charge in [-0.15, -0.1) is 11.5 Å². The van der Waals surface area contributed by atoms with Crippen molar-refractivity contribution < 1.29 is 9.84 Å².